The van der Waals surface area contributed by atoms with Crippen LogP contribution in [-0.4, -0.2) is 71.7 Å². The van der Waals surface area contributed by atoms with Gasteiger partial charge in [-0.15, -0.1) is 0 Å². The maximum Gasteiger partial charge on any atom is 0.418 e. The molecule has 0 bridgehead atoms. The Balaban J connectivity index is 1.26. The van der Waals surface area contributed by atoms with E-state index in [0.29, 0.717) is 0 Å². The summed E-state index contributed by atoms with van der Waals surface area (Å²) in [4.78, 5) is 26.2. The highest BCUT2D eigenvalue weighted by Gasteiger charge is 2.25. The molecule has 0 spiro atoms. The van der Waals surface area contributed by atoms with E-state index in [1.54, 1.807) is 17.1 Å². The van der Waals surface area contributed by atoms with Gasteiger partial charge in [-0.05, 0) is 45.4 Å². The van der Waals surface area contributed by atoms with Crippen LogP contribution >= 0.6 is 0 Å². The van der Waals surface area contributed by atoms with Crippen LogP contribution in [0.2, 0.25) is 0 Å². The number of benzene rings is 1. The number of carbonyl (C=O) groups excluding carboxylic acids is 1. The van der Waals surface area contributed by atoms with Crippen LogP contribution in [0.3, 0.4) is 0 Å². The third-order valence-electron chi connectivity index (χ3n) is 6.14. The van der Waals surface area contributed by atoms with Crippen LogP contribution in [0.4, 0.5) is 22.1 Å². The molecule has 2 aromatic heterocycles. The van der Waals surface area contributed by atoms with Gasteiger partial charge in [0.25, 0.3) is 0 Å². The first-order valence-electron chi connectivity index (χ1n) is 11.9. The van der Waals surface area contributed by atoms with Crippen molar-refractivity contribution in [1.82, 2.24) is 14.5 Å². The first-order valence-corrected chi connectivity index (χ1v) is 11.9. The summed E-state index contributed by atoms with van der Waals surface area (Å²) in [5, 5.41) is 4.64. The van der Waals surface area contributed by atoms with Crippen LogP contribution in [0.1, 0.15) is 27.2 Å². The molecule has 1 N–H and O–H groups in total. The van der Waals surface area contributed by atoms with Crippen molar-refractivity contribution < 1.29 is 14.3 Å². The van der Waals surface area contributed by atoms with E-state index in [2.05, 4.69) is 37.2 Å². The monoisotopic (exact) mass is 464 g/mol. The predicted molar refractivity (Wildman–Crippen MR) is 133 cm³/mol. The molecule has 0 radical (unpaired) electrons. The molecule has 34 heavy (non-hydrogen) atoms. The molecule has 2 aliphatic rings. The van der Waals surface area contributed by atoms with E-state index in [1.165, 1.54) is 0 Å². The Hall–Kier alpha value is -3.33. The lowest BCUT2D eigenvalue weighted by atomic mass is 10.2. The fraction of sp³-hybridized carbons (Fsp3) is 0.480. The van der Waals surface area contributed by atoms with Crippen LogP contribution < -0.4 is 15.1 Å². The lowest BCUT2D eigenvalue weighted by Gasteiger charge is -2.28. The Morgan fingerprint density at radius 2 is 1.82 bits per heavy atom. The number of nitrogens with one attached hydrogen (secondary N) is 1. The molecule has 3 aromatic rings. The van der Waals surface area contributed by atoms with Crippen molar-refractivity contribution in [3.05, 3.63) is 42.9 Å². The number of rotatable bonds is 4. The molecule has 9 nitrogen and oxygen atoms in total. The smallest absolute Gasteiger partial charge is 0.418 e. The minimum absolute atomic E-state index is 0.282. The summed E-state index contributed by atoms with van der Waals surface area (Å²) in [6, 6.07) is 10.4. The number of morpholine rings is 1. The van der Waals surface area contributed by atoms with Gasteiger partial charge in [0, 0.05) is 55.6 Å². The topological polar surface area (TPSA) is 84.8 Å². The fourth-order valence-electron chi connectivity index (χ4n) is 4.49. The van der Waals surface area contributed by atoms with Gasteiger partial charge in [0.15, 0.2) is 0 Å². The number of hydrogen-bond acceptors (Lipinski definition) is 8. The van der Waals surface area contributed by atoms with Crippen molar-refractivity contribution in [2.75, 3.05) is 54.5 Å². The molecule has 0 amide bonds. The van der Waals surface area contributed by atoms with E-state index in [-0.39, 0.29) is 12.1 Å². The first kappa shape index (κ1) is 22.5. The molecule has 180 valence electrons. The van der Waals surface area contributed by atoms with Gasteiger partial charge in [-0.3, -0.25) is 4.57 Å². The molecule has 5 rings (SSSR count). The number of anilines is 3. The summed E-state index contributed by atoms with van der Waals surface area (Å²) in [5.41, 5.74) is 1.28. The van der Waals surface area contributed by atoms with Gasteiger partial charge in [-0.2, -0.15) is 0 Å². The molecule has 2 fully saturated rings. The molecule has 2 saturated heterocycles. The summed E-state index contributed by atoms with van der Waals surface area (Å²) < 4.78 is 12.6. The van der Waals surface area contributed by atoms with Crippen molar-refractivity contribution in [1.29, 1.82) is 0 Å². The van der Waals surface area contributed by atoms with Gasteiger partial charge in [-0.25, -0.2) is 14.8 Å². The average molecular weight is 465 g/mol. The zero-order valence-electron chi connectivity index (χ0n) is 20.0. The maximum absolute atomic E-state index is 12.6. The lowest BCUT2D eigenvalue weighted by molar-refractivity contribution is 0.0544. The molecule has 1 aromatic carbocycles. The second-order valence-corrected chi connectivity index (χ2v) is 9.85. The molecular formula is C25H32N6O3. The number of hydrogen-bond donors (Lipinski definition) is 1. The number of nitrogens with zero attached hydrogens (tertiary/aromatic N) is 5. The first-order chi connectivity index (χ1) is 16.4. The van der Waals surface area contributed by atoms with Crippen LogP contribution in [-0.2, 0) is 9.47 Å². The van der Waals surface area contributed by atoms with Crippen molar-refractivity contribution in [2.45, 2.75) is 38.8 Å². The summed E-state index contributed by atoms with van der Waals surface area (Å²) in [6.45, 7) is 10.6. The highest BCUT2D eigenvalue weighted by atomic mass is 16.6. The van der Waals surface area contributed by atoms with Crippen molar-refractivity contribution >= 4 is 34.3 Å². The standard InChI is InChI=1S/C25H32N6O3/c1-25(2,3)34-24(32)31-9-6-18-4-5-19(14-21(18)31)28-20-7-8-30(16-20)23-15-22(26-17-27-23)29-10-12-33-13-11-29/h4-6,9,14-15,17,20,28H,7-8,10-13,16H2,1-3H3. The molecule has 0 aliphatic carbocycles. The highest BCUT2D eigenvalue weighted by Crippen LogP contribution is 2.26. The Kier molecular flexibility index (Phi) is 6.03. The quantitative estimate of drug-likeness (QED) is 0.625. The summed E-state index contributed by atoms with van der Waals surface area (Å²) in [5.74, 6) is 1.91. The van der Waals surface area contributed by atoms with Gasteiger partial charge < -0.3 is 24.6 Å². The van der Waals surface area contributed by atoms with Gasteiger partial charge in [-0.1, -0.05) is 6.07 Å². The Morgan fingerprint density at radius 3 is 2.59 bits per heavy atom. The van der Waals surface area contributed by atoms with Gasteiger partial charge in [0.2, 0.25) is 0 Å². The zero-order valence-corrected chi connectivity index (χ0v) is 20.0. The van der Waals surface area contributed by atoms with E-state index in [0.717, 1.165) is 74.0 Å². The van der Waals surface area contributed by atoms with Crippen molar-refractivity contribution in [3.8, 4) is 0 Å². The SMILES string of the molecule is CC(C)(C)OC(=O)n1ccc2ccc(NC3CCN(c4cc(N5CCOCC5)ncn4)C3)cc21. The molecule has 1 unspecified atom stereocenters. The summed E-state index contributed by atoms with van der Waals surface area (Å²) in [6.07, 6.45) is 4.05. The zero-order chi connectivity index (χ0) is 23.7. The van der Waals surface area contributed by atoms with Crippen molar-refractivity contribution in [2.24, 2.45) is 0 Å². The van der Waals surface area contributed by atoms with E-state index in [4.69, 9.17) is 9.47 Å². The number of aromatic nitrogens is 3. The Bertz CT molecular complexity index is 1160. The number of ether oxygens (including phenoxy) is 2. The van der Waals surface area contributed by atoms with Crippen LogP contribution in [0.15, 0.2) is 42.9 Å². The second-order valence-electron chi connectivity index (χ2n) is 9.85. The maximum atomic E-state index is 12.6. The minimum Gasteiger partial charge on any atom is -0.443 e. The normalized spacial score (nSPS) is 19.0. The van der Waals surface area contributed by atoms with E-state index in [1.807, 2.05) is 39.0 Å². The van der Waals surface area contributed by atoms with Crippen LogP contribution in [0.5, 0.6) is 0 Å². The molecule has 1 atom stereocenters. The van der Waals surface area contributed by atoms with Crippen LogP contribution in [0, 0.1) is 0 Å². The minimum atomic E-state index is -0.542. The number of fused-ring (bicyclic) bond motifs is 1. The van der Waals surface area contributed by atoms with Gasteiger partial charge >= 0.3 is 6.09 Å². The fourth-order valence-corrected chi connectivity index (χ4v) is 4.49. The van der Waals surface area contributed by atoms with E-state index < -0.39 is 5.60 Å². The second kappa shape index (κ2) is 9.13. The third kappa shape index (κ3) is 4.94. The molecule has 4 heterocycles. The van der Waals surface area contributed by atoms with E-state index >= 15 is 0 Å². The lowest BCUT2D eigenvalue weighted by Crippen LogP contribution is -2.37. The average Bonchev–Trinajstić information content (AvgIpc) is 3.46. The summed E-state index contributed by atoms with van der Waals surface area (Å²) in [7, 11) is 0. The largest absolute Gasteiger partial charge is 0.443 e. The number of carbonyl (C=O) groups is 1. The van der Waals surface area contributed by atoms with Crippen LogP contribution in [0.25, 0.3) is 10.9 Å². The molecule has 2 aliphatic heterocycles. The predicted octanol–water partition coefficient (Wildman–Crippen LogP) is 3.74. The van der Waals surface area contributed by atoms with Gasteiger partial charge in [0.1, 0.15) is 23.6 Å². The molecular weight excluding hydrogens is 432 g/mol. The van der Waals surface area contributed by atoms with E-state index in [9.17, 15) is 4.79 Å². The third-order valence-corrected chi connectivity index (χ3v) is 6.14. The Labute approximate surface area is 199 Å². The Morgan fingerprint density at radius 1 is 1.06 bits per heavy atom. The molecule has 9 heteroatoms. The molecule has 0 saturated carbocycles. The summed E-state index contributed by atoms with van der Waals surface area (Å²) >= 11 is 0. The highest BCUT2D eigenvalue weighted by molar-refractivity contribution is 5.91. The van der Waals surface area contributed by atoms with Gasteiger partial charge in [0.05, 0.1) is 18.7 Å². The van der Waals surface area contributed by atoms with Crippen molar-refractivity contribution in [3.63, 3.8) is 0 Å².